The van der Waals surface area contributed by atoms with E-state index < -0.39 is 6.10 Å². The van der Waals surface area contributed by atoms with Crippen molar-refractivity contribution in [2.24, 2.45) is 11.8 Å². The predicted octanol–water partition coefficient (Wildman–Crippen LogP) is 18.5. The summed E-state index contributed by atoms with van der Waals surface area (Å²) in [6, 6.07) is 0. The van der Waals surface area contributed by atoms with Gasteiger partial charge in [0, 0.05) is 19.3 Å². The molecule has 0 fully saturated rings. The minimum atomic E-state index is -0.762. The Hall–Kier alpha value is -1.59. The number of carbonyl (C=O) groups is 3. The summed E-state index contributed by atoms with van der Waals surface area (Å²) >= 11 is 0. The van der Waals surface area contributed by atoms with Crippen LogP contribution in [0, 0.1) is 11.8 Å². The van der Waals surface area contributed by atoms with E-state index in [0.29, 0.717) is 19.3 Å². The number of esters is 3. The summed E-state index contributed by atoms with van der Waals surface area (Å²) in [5, 5.41) is 0. The number of carbonyl (C=O) groups excluding carboxylic acids is 3. The van der Waals surface area contributed by atoms with E-state index in [1.165, 1.54) is 205 Å². The third kappa shape index (κ3) is 48.2. The van der Waals surface area contributed by atoms with Gasteiger partial charge in [0.05, 0.1) is 0 Å². The van der Waals surface area contributed by atoms with Crippen LogP contribution in [-0.2, 0) is 28.6 Å². The summed E-state index contributed by atoms with van der Waals surface area (Å²) in [7, 11) is 0. The average Bonchev–Trinajstić information content (AvgIpc) is 3.28. The van der Waals surface area contributed by atoms with Crippen LogP contribution >= 0.6 is 0 Å². The van der Waals surface area contributed by atoms with E-state index >= 15 is 0 Å². The largest absolute Gasteiger partial charge is 0.462 e. The summed E-state index contributed by atoms with van der Waals surface area (Å²) in [5.74, 6) is 0.910. The second-order valence-corrected chi connectivity index (χ2v) is 20.1. The fraction of sp³-hybridized carbons (Fsp3) is 0.947. The van der Waals surface area contributed by atoms with Crippen LogP contribution in [0.25, 0.3) is 0 Å². The number of hydrogen-bond acceptors (Lipinski definition) is 6. The topological polar surface area (TPSA) is 78.9 Å². The first-order valence-corrected chi connectivity index (χ1v) is 28.3. The highest BCUT2D eigenvalue weighted by atomic mass is 16.6. The monoisotopic (exact) mass is 891 g/mol. The number of ether oxygens (including phenoxy) is 3. The summed E-state index contributed by atoms with van der Waals surface area (Å²) in [6.45, 7) is 11.4. The van der Waals surface area contributed by atoms with Crippen LogP contribution in [0.3, 0.4) is 0 Å². The molecule has 374 valence electrons. The zero-order valence-electron chi connectivity index (χ0n) is 43.2. The van der Waals surface area contributed by atoms with Crippen molar-refractivity contribution in [3.05, 3.63) is 0 Å². The van der Waals surface area contributed by atoms with Gasteiger partial charge in [0.15, 0.2) is 6.10 Å². The standard InChI is InChI=1S/C57H110O6/c1-6-9-10-11-12-13-22-26-32-37-42-47-55(58)61-50-54(63-57(60)49-44-39-34-29-28-31-36-41-46-53(5)8-3)51-62-56(59)48-43-38-33-27-24-21-19-17-15-14-16-18-20-23-25-30-35-40-45-52(4)7-2/h52-54H,6-51H2,1-5H3/t52?,53?,54-/m1/s1. The van der Waals surface area contributed by atoms with Crippen LogP contribution in [0.15, 0.2) is 0 Å². The molecule has 0 aliphatic carbocycles. The lowest BCUT2D eigenvalue weighted by Crippen LogP contribution is -2.30. The molecule has 6 nitrogen and oxygen atoms in total. The minimum Gasteiger partial charge on any atom is -0.462 e. The lowest BCUT2D eigenvalue weighted by atomic mass is 9.99. The van der Waals surface area contributed by atoms with E-state index in [4.69, 9.17) is 14.2 Å². The summed E-state index contributed by atoms with van der Waals surface area (Å²) in [5.41, 5.74) is 0. The first kappa shape index (κ1) is 61.4. The van der Waals surface area contributed by atoms with Gasteiger partial charge in [0.1, 0.15) is 13.2 Å². The summed E-state index contributed by atoms with van der Waals surface area (Å²) in [6.07, 6.45) is 52.3. The lowest BCUT2D eigenvalue weighted by Gasteiger charge is -2.18. The lowest BCUT2D eigenvalue weighted by molar-refractivity contribution is -0.167. The zero-order chi connectivity index (χ0) is 46.1. The van der Waals surface area contributed by atoms with Crippen molar-refractivity contribution in [3.8, 4) is 0 Å². The number of rotatable bonds is 51. The predicted molar refractivity (Wildman–Crippen MR) is 270 cm³/mol. The maximum Gasteiger partial charge on any atom is 0.306 e. The van der Waals surface area contributed by atoms with Gasteiger partial charge in [-0.1, -0.05) is 279 Å². The quantitative estimate of drug-likeness (QED) is 0.0344. The molecular weight excluding hydrogens is 781 g/mol. The highest BCUT2D eigenvalue weighted by molar-refractivity contribution is 5.71. The van der Waals surface area contributed by atoms with Crippen molar-refractivity contribution in [2.45, 2.75) is 323 Å². The second-order valence-electron chi connectivity index (χ2n) is 20.1. The van der Waals surface area contributed by atoms with Gasteiger partial charge in [0.2, 0.25) is 0 Å². The highest BCUT2D eigenvalue weighted by Crippen LogP contribution is 2.19. The van der Waals surface area contributed by atoms with Gasteiger partial charge < -0.3 is 14.2 Å². The van der Waals surface area contributed by atoms with Crippen molar-refractivity contribution >= 4 is 17.9 Å². The van der Waals surface area contributed by atoms with Crippen LogP contribution in [0.4, 0.5) is 0 Å². The van der Waals surface area contributed by atoms with E-state index in [0.717, 1.165) is 69.6 Å². The van der Waals surface area contributed by atoms with E-state index in [1.54, 1.807) is 0 Å². The van der Waals surface area contributed by atoms with E-state index in [9.17, 15) is 14.4 Å². The number of unbranched alkanes of at least 4 members (excludes halogenated alkanes) is 34. The Balaban J connectivity index is 4.19. The molecule has 0 aliphatic heterocycles. The Kier molecular flexibility index (Phi) is 48.6. The minimum absolute atomic E-state index is 0.0634. The van der Waals surface area contributed by atoms with Gasteiger partial charge in [0.25, 0.3) is 0 Å². The van der Waals surface area contributed by atoms with Crippen LogP contribution in [0.1, 0.15) is 317 Å². The normalized spacial score (nSPS) is 12.9. The smallest absolute Gasteiger partial charge is 0.306 e. The molecular formula is C57H110O6. The van der Waals surface area contributed by atoms with E-state index in [1.807, 2.05) is 0 Å². The summed E-state index contributed by atoms with van der Waals surface area (Å²) < 4.78 is 16.8. The first-order valence-electron chi connectivity index (χ1n) is 28.3. The van der Waals surface area contributed by atoms with E-state index in [-0.39, 0.29) is 31.1 Å². The molecule has 63 heavy (non-hydrogen) atoms. The van der Waals surface area contributed by atoms with Gasteiger partial charge in [-0.2, -0.15) is 0 Å². The Labute approximate surface area is 393 Å². The van der Waals surface area contributed by atoms with Crippen LogP contribution in [-0.4, -0.2) is 37.2 Å². The van der Waals surface area contributed by atoms with Crippen molar-refractivity contribution < 1.29 is 28.6 Å². The molecule has 0 aliphatic rings. The molecule has 0 bridgehead atoms. The average molecular weight is 892 g/mol. The van der Waals surface area contributed by atoms with E-state index in [2.05, 4.69) is 34.6 Å². The van der Waals surface area contributed by atoms with Crippen molar-refractivity contribution in [3.63, 3.8) is 0 Å². The fourth-order valence-corrected chi connectivity index (χ4v) is 8.63. The fourth-order valence-electron chi connectivity index (χ4n) is 8.63. The Morgan fingerprint density at radius 3 is 0.825 bits per heavy atom. The van der Waals surface area contributed by atoms with Crippen molar-refractivity contribution in [1.82, 2.24) is 0 Å². The van der Waals surface area contributed by atoms with Gasteiger partial charge in [-0.05, 0) is 31.1 Å². The first-order chi connectivity index (χ1) is 30.8. The summed E-state index contributed by atoms with van der Waals surface area (Å²) in [4.78, 5) is 38.0. The maximum absolute atomic E-state index is 12.8. The van der Waals surface area contributed by atoms with Gasteiger partial charge in [-0.15, -0.1) is 0 Å². The molecule has 2 unspecified atom stereocenters. The Bertz CT molecular complexity index is 966. The SMILES string of the molecule is CCCCCCCCCCCCCC(=O)OC[C@H](COC(=O)CCCCCCCCCCCCCCCCCCCCC(C)CC)OC(=O)CCCCCCCCCCC(C)CC. The molecule has 3 atom stereocenters. The molecule has 0 heterocycles. The van der Waals surface area contributed by atoms with Crippen LogP contribution < -0.4 is 0 Å². The highest BCUT2D eigenvalue weighted by Gasteiger charge is 2.19. The zero-order valence-corrected chi connectivity index (χ0v) is 43.2. The second kappa shape index (κ2) is 49.8. The van der Waals surface area contributed by atoms with Gasteiger partial charge in [-0.3, -0.25) is 14.4 Å². The molecule has 0 amide bonds. The number of hydrogen-bond donors (Lipinski definition) is 0. The maximum atomic E-state index is 12.8. The molecule has 0 rings (SSSR count). The third-order valence-electron chi connectivity index (χ3n) is 13.7. The Morgan fingerprint density at radius 1 is 0.317 bits per heavy atom. The molecule has 0 radical (unpaired) electrons. The Morgan fingerprint density at radius 2 is 0.556 bits per heavy atom. The molecule has 0 aromatic rings. The van der Waals surface area contributed by atoms with Gasteiger partial charge in [-0.25, -0.2) is 0 Å². The molecule has 6 heteroatoms. The molecule has 0 saturated carbocycles. The molecule has 0 spiro atoms. The molecule has 0 N–H and O–H groups in total. The van der Waals surface area contributed by atoms with Crippen molar-refractivity contribution in [1.29, 1.82) is 0 Å². The van der Waals surface area contributed by atoms with Crippen molar-refractivity contribution in [2.75, 3.05) is 13.2 Å². The molecule has 0 aromatic carbocycles. The third-order valence-corrected chi connectivity index (χ3v) is 13.7. The van der Waals surface area contributed by atoms with Crippen LogP contribution in [0.2, 0.25) is 0 Å². The van der Waals surface area contributed by atoms with Crippen LogP contribution in [0.5, 0.6) is 0 Å². The molecule has 0 aromatic heterocycles. The molecule has 0 saturated heterocycles. The van der Waals surface area contributed by atoms with Gasteiger partial charge >= 0.3 is 17.9 Å².